The number of aryl methyl sites for hydroxylation is 1. The average molecular weight is 226 g/mol. The molecule has 0 aliphatic heterocycles. The van der Waals surface area contributed by atoms with Crippen molar-refractivity contribution in [3.63, 3.8) is 0 Å². The molecule has 16 heavy (non-hydrogen) atoms. The minimum absolute atomic E-state index is 0.342. The third kappa shape index (κ3) is 4.61. The van der Waals surface area contributed by atoms with Crippen molar-refractivity contribution in [3.8, 4) is 0 Å². The van der Waals surface area contributed by atoms with Gasteiger partial charge in [-0.25, -0.2) is 0 Å². The number of nitrogens with one attached hydrogen (secondary N) is 1. The molecule has 0 bridgehead atoms. The minimum atomic E-state index is 0.342. The van der Waals surface area contributed by atoms with Crippen LogP contribution in [0.5, 0.6) is 0 Å². The molecule has 5 heteroatoms. The summed E-state index contributed by atoms with van der Waals surface area (Å²) in [6.45, 7) is 7.20. The zero-order valence-corrected chi connectivity index (χ0v) is 10.8. The second-order valence-electron chi connectivity index (χ2n) is 4.88. The van der Waals surface area contributed by atoms with Crippen molar-refractivity contribution in [3.05, 3.63) is 5.82 Å². The van der Waals surface area contributed by atoms with E-state index in [0.717, 1.165) is 13.0 Å². The first kappa shape index (κ1) is 13.0. The lowest BCUT2D eigenvalue weighted by Crippen LogP contribution is -2.33. The molecule has 1 N–H and O–H groups in total. The maximum Gasteiger partial charge on any atom is 0.321 e. The lowest BCUT2D eigenvalue weighted by Gasteiger charge is -2.22. The molecule has 5 nitrogen and oxygen atoms in total. The molecule has 1 aromatic heterocycles. The molecule has 0 fully saturated rings. The van der Waals surface area contributed by atoms with Gasteiger partial charge < -0.3 is 14.7 Å². The lowest BCUT2D eigenvalue weighted by molar-refractivity contribution is 0.346. The van der Waals surface area contributed by atoms with Gasteiger partial charge in [0, 0.05) is 12.6 Å². The summed E-state index contributed by atoms with van der Waals surface area (Å²) < 4.78 is 5.07. The van der Waals surface area contributed by atoms with Gasteiger partial charge in [0.05, 0.1) is 0 Å². The van der Waals surface area contributed by atoms with Crippen molar-refractivity contribution in [2.75, 3.05) is 26.0 Å². The highest BCUT2D eigenvalue weighted by molar-refractivity contribution is 5.20. The zero-order chi connectivity index (χ0) is 12.1. The van der Waals surface area contributed by atoms with Gasteiger partial charge in [0.1, 0.15) is 0 Å². The third-order valence-electron chi connectivity index (χ3n) is 2.20. The SMILES string of the molecule is Cc1noc(NC(CC(C)C)CN(C)C)n1. The first-order valence-electron chi connectivity index (χ1n) is 5.69. The fraction of sp³-hybridized carbons (Fsp3) is 0.818. The second kappa shape index (κ2) is 5.84. The average Bonchev–Trinajstić information content (AvgIpc) is 2.48. The maximum atomic E-state index is 5.07. The molecule has 0 saturated heterocycles. The van der Waals surface area contributed by atoms with E-state index in [-0.39, 0.29) is 0 Å². The molecule has 0 amide bonds. The summed E-state index contributed by atoms with van der Waals surface area (Å²) >= 11 is 0. The van der Waals surface area contributed by atoms with Crippen LogP contribution in [0.1, 0.15) is 26.1 Å². The molecule has 0 aromatic carbocycles. The van der Waals surface area contributed by atoms with Crippen LogP contribution in [0, 0.1) is 12.8 Å². The Bertz CT molecular complexity index is 299. The predicted octanol–water partition coefficient (Wildman–Crippen LogP) is 1.77. The van der Waals surface area contributed by atoms with E-state index in [4.69, 9.17) is 4.52 Å². The zero-order valence-electron chi connectivity index (χ0n) is 10.8. The first-order chi connectivity index (χ1) is 7.47. The molecule has 0 aliphatic rings. The molecule has 1 atom stereocenters. The van der Waals surface area contributed by atoms with Crippen LogP contribution in [-0.4, -0.2) is 41.7 Å². The summed E-state index contributed by atoms with van der Waals surface area (Å²) in [7, 11) is 4.13. The van der Waals surface area contributed by atoms with Crippen LogP contribution < -0.4 is 5.32 Å². The quantitative estimate of drug-likeness (QED) is 0.801. The van der Waals surface area contributed by atoms with Crippen molar-refractivity contribution in [2.24, 2.45) is 5.92 Å². The molecule has 0 aliphatic carbocycles. The molecule has 0 saturated carbocycles. The van der Waals surface area contributed by atoms with Crippen molar-refractivity contribution in [1.29, 1.82) is 0 Å². The van der Waals surface area contributed by atoms with Gasteiger partial charge in [0.25, 0.3) is 0 Å². The Balaban J connectivity index is 2.55. The van der Waals surface area contributed by atoms with Crippen molar-refractivity contribution >= 4 is 6.01 Å². The Hall–Kier alpha value is -1.10. The summed E-state index contributed by atoms with van der Waals surface area (Å²) in [6.07, 6.45) is 1.08. The van der Waals surface area contributed by atoms with E-state index in [9.17, 15) is 0 Å². The van der Waals surface area contributed by atoms with Gasteiger partial charge in [-0.3, -0.25) is 0 Å². The van der Waals surface area contributed by atoms with Crippen LogP contribution in [-0.2, 0) is 0 Å². The smallest absolute Gasteiger partial charge is 0.321 e. The van der Waals surface area contributed by atoms with E-state index in [1.54, 1.807) is 0 Å². The Morgan fingerprint density at radius 3 is 2.50 bits per heavy atom. The number of aromatic nitrogens is 2. The van der Waals surface area contributed by atoms with Gasteiger partial charge in [-0.05, 0) is 33.4 Å². The standard InChI is InChI=1S/C11H22N4O/c1-8(2)6-10(7-15(4)5)13-11-12-9(3)14-16-11/h8,10H,6-7H2,1-5H3,(H,12,13,14). The molecule has 1 unspecified atom stereocenters. The Labute approximate surface area is 97.2 Å². The molecule has 0 spiro atoms. The van der Waals surface area contributed by atoms with E-state index in [1.165, 1.54) is 0 Å². The van der Waals surface area contributed by atoms with Crippen molar-refractivity contribution in [1.82, 2.24) is 15.0 Å². The summed E-state index contributed by atoms with van der Waals surface area (Å²) in [4.78, 5) is 6.31. The second-order valence-corrected chi connectivity index (χ2v) is 4.88. The Morgan fingerprint density at radius 1 is 1.38 bits per heavy atom. The van der Waals surface area contributed by atoms with Gasteiger partial charge in [-0.2, -0.15) is 4.98 Å². The summed E-state index contributed by atoms with van der Waals surface area (Å²) in [6, 6.07) is 0.861. The van der Waals surface area contributed by atoms with Gasteiger partial charge in [0.2, 0.25) is 0 Å². The Kier molecular flexibility index (Phi) is 4.73. The fourth-order valence-electron chi connectivity index (χ4n) is 1.72. The van der Waals surface area contributed by atoms with Gasteiger partial charge in [-0.1, -0.05) is 19.0 Å². The topological polar surface area (TPSA) is 54.2 Å². The van der Waals surface area contributed by atoms with Crippen LogP contribution in [0.2, 0.25) is 0 Å². The summed E-state index contributed by atoms with van der Waals surface area (Å²) in [5.41, 5.74) is 0. The normalized spacial score (nSPS) is 13.4. The van der Waals surface area contributed by atoms with E-state index in [2.05, 4.69) is 48.3 Å². The van der Waals surface area contributed by atoms with Crippen LogP contribution in [0.15, 0.2) is 4.52 Å². The number of rotatable bonds is 6. The number of nitrogens with zero attached hydrogens (tertiary/aromatic N) is 3. The highest BCUT2D eigenvalue weighted by atomic mass is 16.5. The minimum Gasteiger partial charge on any atom is -0.334 e. The van der Waals surface area contributed by atoms with Crippen molar-refractivity contribution in [2.45, 2.75) is 33.2 Å². The molecule has 92 valence electrons. The maximum absolute atomic E-state index is 5.07. The molecule has 1 rings (SSSR count). The molecule has 1 aromatic rings. The fourth-order valence-corrected chi connectivity index (χ4v) is 1.72. The number of anilines is 1. The monoisotopic (exact) mass is 226 g/mol. The van der Waals surface area contributed by atoms with Crippen LogP contribution in [0.4, 0.5) is 6.01 Å². The lowest BCUT2D eigenvalue weighted by atomic mass is 10.0. The molecular weight excluding hydrogens is 204 g/mol. The van der Waals surface area contributed by atoms with E-state index < -0.39 is 0 Å². The molecule has 1 heterocycles. The summed E-state index contributed by atoms with van der Waals surface area (Å²) in [5, 5.41) is 7.05. The highest BCUT2D eigenvalue weighted by Crippen LogP contribution is 2.11. The van der Waals surface area contributed by atoms with Crippen LogP contribution >= 0.6 is 0 Å². The van der Waals surface area contributed by atoms with Crippen molar-refractivity contribution < 1.29 is 4.52 Å². The number of hydrogen-bond donors (Lipinski definition) is 1. The van der Waals surface area contributed by atoms with E-state index >= 15 is 0 Å². The molecule has 0 radical (unpaired) electrons. The van der Waals surface area contributed by atoms with Gasteiger partial charge >= 0.3 is 6.01 Å². The Morgan fingerprint density at radius 2 is 2.06 bits per heavy atom. The first-order valence-corrected chi connectivity index (χ1v) is 5.69. The largest absolute Gasteiger partial charge is 0.334 e. The predicted molar refractivity (Wildman–Crippen MR) is 64.5 cm³/mol. The van der Waals surface area contributed by atoms with Gasteiger partial charge in [-0.15, -0.1) is 0 Å². The van der Waals surface area contributed by atoms with E-state index in [1.807, 2.05) is 6.92 Å². The van der Waals surface area contributed by atoms with Crippen LogP contribution in [0.3, 0.4) is 0 Å². The summed E-state index contributed by atoms with van der Waals surface area (Å²) in [5.74, 6) is 1.30. The number of likely N-dealkylation sites (N-methyl/N-ethyl adjacent to an activating group) is 1. The highest BCUT2D eigenvalue weighted by Gasteiger charge is 2.14. The molecular formula is C11H22N4O. The number of hydrogen-bond acceptors (Lipinski definition) is 5. The van der Waals surface area contributed by atoms with Crippen LogP contribution in [0.25, 0.3) is 0 Å². The third-order valence-corrected chi connectivity index (χ3v) is 2.20. The van der Waals surface area contributed by atoms with E-state index in [0.29, 0.717) is 23.8 Å². The van der Waals surface area contributed by atoms with Gasteiger partial charge in [0.15, 0.2) is 5.82 Å².